The van der Waals surface area contributed by atoms with Gasteiger partial charge in [0, 0.05) is 12.7 Å². The number of benzene rings is 1. The highest BCUT2D eigenvalue weighted by molar-refractivity contribution is 5.72. The molecule has 5 heteroatoms. The zero-order valence-corrected chi connectivity index (χ0v) is 12.5. The van der Waals surface area contributed by atoms with E-state index in [-0.39, 0.29) is 0 Å². The van der Waals surface area contributed by atoms with Crippen LogP contribution in [0.1, 0.15) is 41.5 Å². The van der Waals surface area contributed by atoms with Crippen molar-refractivity contribution in [3.05, 3.63) is 58.9 Å². The minimum Gasteiger partial charge on any atom is -0.356 e. The highest BCUT2D eigenvalue weighted by Gasteiger charge is 2.33. The predicted molar refractivity (Wildman–Crippen MR) is 82.4 cm³/mol. The molecule has 2 aromatic rings. The van der Waals surface area contributed by atoms with Gasteiger partial charge in [0.2, 0.25) is 0 Å². The second kappa shape index (κ2) is 5.41. The smallest absolute Gasteiger partial charge is 0.159 e. The van der Waals surface area contributed by atoms with Crippen molar-refractivity contribution in [2.24, 2.45) is 0 Å². The molecule has 0 spiro atoms. The van der Waals surface area contributed by atoms with Gasteiger partial charge in [0.05, 0.1) is 11.9 Å². The Morgan fingerprint density at radius 3 is 2.70 bits per heavy atom. The summed E-state index contributed by atoms with van der Waals surface area (Å²) >= 11 is 0. The average molecular weight is 314 g/mol. The van der Waals surface area contributed by atoms with Gasteiger partial charge >= 0.3 is 0 Å². The minimum absolute atomic E-state index is 0.520. The van der Waals surface area contributed by atoms with Crippen molar-refractivity contribution < 1.29 is 13.6 Å². The van der Waals surface area contributed by atoms with Crippen LogP contribution in [0, 0.1) is 11.6 Å². The minimum atomic E-state index is -0.911. The Morgan fingerprint density at radius 2 is 1.96 bits per heavy atom. The first-order valence-electron chi connectivity index (χ1n) is 7.82. The fourth-order valence-corrected chi connectivity index (χ4v) is 3.44. The van der Waals surface area contributed by atoms with Crippen LogP contribution in [0.3, 0.4) is 0 Å². The Hall–Kier alpha value is -2.30. The van der Waals surface area contributed by atoms with E-state index < -0.39 is 17.7 Å². The van der Waals surface area contributed by atoms with Gasteiger partial charge in [-0.25, -0.2) is 8.78 Å². The van der Waals surface area contributed by atoms with Crippen molar-refractivity contribution in [3.8, 4) is 0 Å². The van der Waals surface area contributed by atoms with E-state index >= 15 is 0 Å². The summed E-state index contributed by atoms with van der Waals surface area (Å²) in [7, 11) is 0. The zero-order chi connectivity index (χ0) is 16.0. The van der Waals surface area contributed by atoms with Crippen molar-refractivity contribution in [1.82, 2.24) is 4.98 Å². The number of hydrogen-bond acceptors (Lipinski definition) is 3. The fraction of sp³-hybridized carbons (Fsp3) is 0.333. The number of aldehydes is 1. The number of halogens is 2. The number of fused-ring (bicyclic) bond motifs is 1. The monoisotopic (exact) mass is 314 g/mol. The number of aromatic nitrogens is 1. The molecule has 1 unspecified atom stereocenters. The van der Waals surface area contributed by atoms with Crippen LogP contribution in [0.2, 0.25) is 0 Å². The molecule has 1 atom stereocenters. The standard InChI is InChI=1S/C18H16F2N2O/c19-15-7-12-4-6-22(18(10-23)14(12)8-16(15)20)17-9-21-5-3-13(17)11-1-2-11/h3,5,7-11,18H,1-2,4,6H2. The van der Waals surface area contributed by atoms with Crippen molar-refractivity contribution in [3.63, 3.8) is 0 Å². The molecule has 2 aliphatic rings. The van der Waals surface area contributed by atoms with Crippen LogP contribution in [-0.4, -0.2) is 17.8 Å². The molecule has 1 aliphatic heterocycles. The first kappa shape index (κ1) is 14.3. The molecule has 0 bridgehead atoms. The van der Waals surface area contributed by atoms with E-state index in [4.69, 9.17) is 0 Å². The molecule has 118 valence electrons. The Morgan fingerprint density at radius 1 is 1.17 bits per heavy atom. The van der Waals surface area contributed by atoms with E-state index in [0.29, 0.717) is 30.0 Å². The third-order valence-corrected chi connectivity index (χ3v) is 4.75. The quantitative estimate of drug-likeness (QED) is 0.813. The van der Waals surface area contributed by atoms with Crippen LogP contribution in [-0.2, 0) is 11.2 Å². The summed E-state index contributed by atoms with van der Waals surface area (Å²) in [5.74, 6) is -1.25. The van der Waals surface area contributed by atoms with Gasteiger partial charge in [-0.1, -0.05) is 0 Å². The summed E-state index contributed by atoms with van der Waals surface area (Å²) in [4.78, 5) is 17.9. The molecule has 2 heterocycles. The molecule has 1 fully saturated rings. The SMILES string of the molecule is O=CC1c2cc(F)c(F)cc2CCN1c1cnccc1C1CC1. The number of carbonyl (C=O) groups is 1. The molecular weight excluding hydrogens is 298 g/mol. The predicted octanol–water partition coefficient (Wildman–Crippen LogP) is 3.54. The van der Waals surface area contributed by atoms with E-state index in [9.17, 15) is 13.6 Å². The first-order chi connectivity index (χ1) is 11.2. The number of hydrogen-bond donors (Lipinski definition) is 0. The molecule has 4 rings (SSSR count). The maximum atomic E-state index is 13.6. The van der Waals surface area contributed by atoms with Crippen molar-refractivity contribution in [1.29, 1.82) is 0 Å². The summed E-state index contributed by atoms with van der Waals surface area (Å²) in [6.07, 6.45) is 7.21. The Balaban J connectivity index is 1.79. The Labute approximate surface area is 133 Å². The second-order valence-electron chi connectivity index (χ2n) is 6.20. The number of carbonyl (C=O) groups excluding carboxylic acids is 1. The number of nitrogens with zero attached hydrogens (tertiary/aromatic N) is 2. The van der Waals surface area contributed by atoms with Crippen LogP contribution in [0.4, 0.5) is 14.5 Å². The highest BCUT2D eigenvalue weighted by Crippen LogP contribution is 2.46. The van der Waals surface area contributed by atoms with Crippen molar-refractivity contribution in [2.45, 2.75) is 31.2 Å². The van der Waals surface area contributed by atoms with Crippen LogP contribution in [0.5, 0.6) is 0 Å². The van der Waals surface area contributed by atoms with Crippen LogP contribution >= 0.6 is 0 Å². The summed E-state index contributed by atoms with van der Waals surface area (Å²) in [6.45, 7) is 0.590. The van der Waals surface area contributed by atoms with E-state index in [1.165, 1.54) is 11.6 Å². The Kier molecular flexibility index (Phi) is 3.36. The largest absolute Gasteiger partial charge is 0.356 e. The molecule has 0 saturated heterocycles. The molecule has 1 aliphatic carbocycles. The lowest BCUT2D eigenvalue weighted by atomic mass is 9.92. The van der Waals surface area contributed by atoms with E-state index in [2.05, 4.69) is 4.98 Å². The summed E-state index contributed by atoms with van der Waals surface area (Å²) < 4.78 is 27.1. The van der Waals surface area contributed by atoms with Gasteiger partial charge in [0.15, 0.2) is 11.6 Å². The molecule has 1 saturated carbocycles. The lowest BCUT2D eigenvalue weighted by Gasteiger charge is -2.37. The maximum Gasteiger partial charge on any atom is 0.159 e. The molecule has 1 aromatic carbocycles. The van der Waals surface area contributed by atoms with Gasteiger partial charge in [-0.15, -0.1) is 0 Å². The number of anilines is 1. The third-order valence-electron chi connectivity index (χ3n) is 4.75. The normalized spacial score (nSPS) is 20.3. The molecule has 0 N–H and O–H groups in total. The third kappa shape index (κ3) is 2.40. The lowest BCUT2D eigenvalue weighted by Crippen LogP contribution is -2.37. The van der Waals surface area contributed by atoms with Crippen LogP contribution in [0.15, 0.2) is 30.6 Å². The summed E-state index contributed by atoms with van der Waals surface area (Å²) in [6, 6.07) is 3.76. The topological polar surface area (TPSA) is 33.2 Å². The molecule has 0 radical (unpaired) electrons. The van der Waals surface area contributed by atoms with Gasteiger partial charge in [-0.2, -0.15) is 0 Å². The Bertz CT molecular complexity index is 774. The van der Waals surface area contributed by atoms with Crippen molar-refractivity contribution >= 4 is 12.0 Å². The fourth-order valence-electron chi connectivity index (χ4n) is 3.44. The average Bonchev–Trinajstić information content (AvgIpc) is 3.40. The lowest BCUT2D eigenvalue weighted by molar-refractivity contribution is -0.109. The van der Waals surface area contributed by atoms with E-state index in [0.717, 1.165) is 30.9 Å². The van der Waals surface area contributed by atoms with E-state index in [1.807, 2.05) is 11.0 Å². The van der Waals surface area contributed by atoms with Gasteiger partial charge < -0.3 is 9.69 Å². The first-order valence-corrected chi connectivity index (χ1v) is 7.82. The second-order valence-corrected chi connectivity index (χ2v) is 6.20. The summed E-state index contributed by atoms with van der Waals surface area (Å²) in [5, 5.41) is 0. The molecule has 3 nitrogen and oxygen atoms in total. The van der Waals surface area contributed by atoms with Gasteiger partial charge in [-0.3, -0.25) is 4.98 Å². The zero-order valence-electron chi connectivity index (χ0n) is 12.5. The van der Waals surface area contributed by atoms with Crippen LogP contribution < -0.4 is 4.90 Å². The molecular formula is C18H16F2N2O. The maximum absolute atomic E-state index is 13.6. The van der Waals surface area contributed by atoms with Gasteiger partial charge in [0.1, 0.15) is 12.3 Å². The van der Waals surface area contributed by atoms with E-state index in [1.54, 1.807) is 12.4 Å². The molecule has 1 aromatic heterocycles. The van der Waals surface area contributed by atoms with Crippen LogP contribution in [0.25, 0.3) is 0 Å². The van der Waals surface area contributed by atoms with Crippen molar-refractivity contribution in [2.75, 3.05) is 11.4 Å². The molecule has 23 heavy (non-hydrogen) atoms. The number of rotatable bonds is 3. The summed E-state index contributed by atoms with van der Waals surface area (Å²) in [5.41, 5.74) is 3.38. The van der Waals surface area contributed by atoms with Gasteiger partial charge in [-0.05, 0) is 60.1 Å². The highest BCUT2D eigenvalue weighted by atomic mass is 19.2. The number of pyridine rings is 1. The van der Waals surface area contributed by atoms with Gasteiger partial charge in [0.25, 0.3) is 0 Å². The molecule has 0 amide bonds.